The van der Waals surface area contributed by atoms with Crippen molar-refractivity contribution in [2.24, 2.45) is 11.7 Å². The first-order chi connectivity index (χ1) is 9.17. The number of hydrogen-bond acceptors (Lipinski definition) is 2. The van der Waals surface area contributed by atoms with Crippen LogP contribution in [-0.2, 0) is 6.42 Å². The summed E-state index contributed by atoms with van der Waals surface area (Å²) in [6.07, 6.45) is 3.78. The van der Waals surface area contributed by atoms with Crippen LogP contribution in [0.2, 0.25) is 0 Å². The minimum absolute atomic E-state index is 0.394. The lowest BCUT2D eigenvalue weighted by Crippen LogP contribution is -2.38. The van der Waals surface area contributed by atoms with Crippen molar-refractivity contribution in [2.75, 3.05) is 13.1 Å². The van der Waals surface area contributed by atoms with Gasteiger partial charge in [-0.3, -0.25) is 4.90 Å². The zero-order valence-electron chi connectivity index (χ0n) is 12.6. The van der Waals surface area contributed by atoms with Crippen molar-refractivity contribution in [3.05, 3.63) is 35.4 Å². The van der Waals surface area contributed by atoms with Crippen LogP contribution in [0.1, 0.15) is 50.8 Å². The maximum absolute atomic E-state index is 6.13. The summed E-state index contributed by atoms with van der Waals surface area (Å²) in [5.41, 5.74) is 9.02. The molecule has 2 heteroatoms. The molecule has 1 unspecified atom stereocenters. The predicted molar refractivity (Wildman–Crippen MR) is 82.2 cm³/mol. The van der Waals surface area contributed by atoms with Gasteiger partial charge in [-0.1, -0.05) is 45.0 Å². The monoisotopic (exact) mass is 260 g/mol. The molecule has 1 aliphatic carbocycles. The Morgan fingerprint density at radius 3 is 2.47 bits per heavy atom. The molecule has 0 bridgehead atoms. The molecule has 0 aliphatic heterocycles. The van der Waals surface area contributed by atoms with Crippen LogP contribution in [0.5, 0.6) is 0 Å². The average molecular weight is 260 g/mol. The molecule has 0 radical (unpaired) electrons. The quantitative estimate of drug-likeness (QED) is 0.814. The Balaban J connectivity index is 2.25. The molecule has 19 heavy (non-hydrogen) atoms. The zero-order chi connectivity index (χ0) is 13.8. The highest BCUT2D eigenvalue weighted by Crippen LogP contribution is 2.35. The summed E-state index contributed by atoms with van der Waals surface area (Å²) in [6.45, 7) is 8.71. The number of benzene rings is 1. The van der Waals surface area contributed by atoms with Gasteiger partial charge in [0.15, 0.2) is 0 Å². The van der Waals surface area contributed by atoms with Crippen molar-refractivity contribution in [2.45, 2.75) is 52.1 Å². The van der Waals surface area contributed by atoms with Gasteiger partial charge in [0.1, 0.15) is 0 Å². The average Bonchev–Trinajstić information content (AvgIpc) is 3.23. The number of nitrogens with two attached hydrogens (primary N) is 1. The highest BCUT2D eigenvalue weighted by molar-refractivity contribution is 5.30. The van der Waals surface area contributed by atoms with E-state index in [9.17, 15) is 0 Å². The van der Waals surface area contributed by atoms with E-state index in [1.807, 2.05) is 0 Å². The summed E-state index contributed by atoms with van der Waals surface area (Å²) < 4.78 is 0. The van der Waals surface area contributed by atoms with E-state index in [-0.39, 0.29) is 0 Å². The van der Waals surface area contributed by atoms with Crippen LogP contribution in [0.15, 0.2) is 24.3 Å². The van der Waals surface area contributed by atoms with Gasteiger partial charge in [0.2, 0.25) is 0 Å². The largest absolute Gasteiger partial charge is 0.329 e. The first-order valence-corrected chi connectivity index (χ1v) is 7.71. The van der Waals surface area contributed by atoms with Crippen molar-refractivity contribution < 1.29 is 0 Å². The van der Waals surface area contributed by atoms with Crippen molar-refractivity contribution in [1.29, 1.82) is 0 Å². The van der Waals surface area contributed by atoms with Gasteiger partial charge in [0.05, 0.1) is 0 Å². The van der Waals surface area contributed by atoms with E-state index in [0.717, 1.165) is 25.6 Å². The van der Waals surface area contributed by atoms with Gasteiger partial charge in [-0.2, -0.15) is 0 Å². The summed E-state index contributed by atoms with van der Waals surface area (Å²) in [6, 6.07) is 9.97. The molecule has 0 amide bonds. The summed E-state index contributed by atoms with van der Waals surface area (Å²) in [5.74, 6) is 0.698. The van der Waals surface area contributed by atoms with Crippen LogP contribution in [0.3, 0.4) is 0 Å². The minimum atomic E-state index is 0.394. The Morgan fingerprint density at radius 1 is 1.26 bits per heavy atom. The minimum Gasteiger partial charge on any atom is -0.329 e. The van der Waals surface area contributed by atoms with Gasteiger partial charge >= 0.3 is 0 Å². The third kappa shape index (κ3) is 3.58. The van der Waals surface area contributed by atoms with Crippen LogP contribution >= 0.6 is 0 Å². The van der Waals surface area contributed by atoms with Gasteiger partial charge < -0.3 is 5.73 Å². The van der Waals surface area contributed by atoms with Gasteiger partial charge in [0.25, 0.3) is 0 Å². The second-order valence-corrected chi connectivity index (χ2v) is 6.13. The van der Waals surface area contributed by atoms with E-state index in [1.54, 1.807) is 0 Å². The van der Waals surface area contributed by atoms with Crippen LogP contribution in [0.4, 0.5) is 0 Å². The third-order valence-corrected chi connectivity index (χ3v) is 4.01. The van der Waals surface area contributed by atoms with Gasteiger partial charge in [0, 0.05) is 25.2 Å². The van der Waals surface area contributed by atoms with Crippen molar-refractivity contribution in [3.8, 4) is 0 Å². The maximum atomic E-state index is 6.13. The zero-order valence-corrected chi connectivity index (χ0v) is 12.6. The van der Waals surface area contributed by atoms with E-state index >= 15 is 0 Å². The molecule has 0 heterocycles. The van der Waals surface area contributed by atoms with Gasteiger partial charge in [-0.25, -0.2) is 0 Å². The van der Waals surface area contributed by atoms with Crippen LogP contribution in [0, 0.1) is 5.92 Å². The fraction of sp³-hybridized carbons (Fsp3) is 0.647. The molecule has 0 aromatic heterocycles. The first-order valence-electron chi connectivity index (χ1n) is 7.71. The molecule has 1 atom stereocenters. The van der Waals surface area contributed by atoms with Crippen LogP contribution in [-0.4, -0.2) is 24.0 Å². The Morgan fingerprint density at radius 2 is 1.95 bits per heavy atom. The van der Waals surface area contributed by atoms with E-state index in [2.05, 4.69) is 49.9 Å². The molecule has 1 saturated carbocycles. The fourth-order valence-electron chi connectivity index (χ4n) is 2.98. The van der Waals surface area contributed by atoms with E-state index in [4.69, 9.17) is 5.73 Å². The first kappa shape index (κ1) is 14.5. The summed E-state index contributed by atoms with van der Waals surface area (Å²) in [7, 11) is 0. The summed E-state index contributed by atoms with van der Waals surface area (Å²) in [5, 5.41) is 0. The molecule has 2 N–H and O–H groups in total. The Bertz CT molecular complexity index is 396. The highest BCUT2D eigenvalue weighted by atomic mass is 15.2. The Labute approximate surface area is 118 Å². The topological polar surface area (TPSA) is 29.3 Å². The van der Waals surface area contributed by atoms with Gasteiger partial charge in [-0.15, -0.1) is 0 Å². The molecule has 1 aliphatic rings. The van der Waals surface area contributed by atoms with Crippen molar-refractivity contribution in [1.82, 2.24) is 4.90 Å². The second-order valence-electron chi connectivity index (χ2n) is 6.13. The van der Waals surface area contributed by atoms with Crippen molar-refractivity contribution >= 4 is 0 Å². The standard InChI is InChI=1S/C17H28N2/c1-4-14-7-5-6-8-16(14)17(11-18)19(12-13(2)3)15-9-10-15/h5-8,13,15,17H,4,9-12,18H2,1-3H3. The number of nitrogens with zero attached hydrogens (tertiary/aromatic N) is 1. The van der Waals surface area contributed by atoms with Gasteiger partial charge in [-0.05, 0) is 36.3 Å². The fourth-order valence-corrected chi connectivity index (χ4v) is 2.98. The normalized spacial score (nSPS) is 17.2. The number of aryl methyl sites for hydroxylation is 1. The lowest BCUT2D eigenvalue weighted by molar-refractivity contribution is 0.169. The molecule has 0 spiro atoms. The number of rotatable bonds is 7. The molecule has 106 valence electrons. The lowest BCUT2D eigenvalue weighted by Gasteiger charge is -2.34. The molecule has 1 aromatic carbocycles. The third-order valence-electron chi connectivity index (χ3n) is 4.01. The molecule has 2 rings (SSSR count). The SMILES string of the molecule is CCc1ccccc1C(CN)N(CC(C)C)C1CC1. The molecular weight excluding hydrogens is 232 g/mol. The molecule has 0 saturated heterocycles. The van der Waals surface area contributed by atoms with E-state index in [1.165, 1.54) is 24.0 Å². The maximum Gasteiger partial charge on any atom is 0.0476 e. The summed E-state index contributed by atoms with van der Waals surface area (Å²) >= 11 is 0. The molecule has 2 nitrogen and oxygen atoms in total. The Kier molecular flexibility index (Phi) is 5.00. The van der Waals surface area contributed by atoms with Crippen LogP contribution in [0.25, 0.3) is 0 Å². The Hall–Kier alpha value is -0.860. The summed E-state index contributed by atoms with van der Waals surface area (Å²) in [4.78, 5) is 2.65. The molecule has 1 aromatic rings. The predicted octanol–water partition coefficient (Wildman–Crippen LogP) is 3.37. The smallest absolute Gasteiger partial charge is 0.0476 e. The number of hydrogen-bond donors (Lipinski definition) is 1. The van der Waals surface area contributed by atoms with E-state index in [0.29, 0.717) is 12.0 Å². The van der Waals surface area contributed by atoms with Crippen molar-refractivity contribution in [3.63, 3.8) is 0 Å². The molecule has 1 fully saturated rings. The molecular formula is C17H28N2. The highest BCUT2D eigenvalue weighted by Gasteiger charge is 2.34. The van der Waals surface area contributed by atoms with Crippen LogP contribution < -0.4 is 5.73 Å². The van der Waals surface area contributed by atoms with E-state index < -0.39 is 0 Å². The second kappa shape index (κ2) is 6.53. The lowest BCUT2D eigenvalue weighted by atomic mass is 9.96.